The van der Waals surface area contributed by atoms with Crippen LogP contribution in [0.5, 0.6) is 0 Å². The van der Waals surface area contributed by atoms with Gasteiger partial charge in [-0.05, 0) is 24.3 Å². The molecule has 7 nitrogen and oxygen atoms in total. The number of carboxylic acid groups (broad SMARTS) is 1. The molecule has 0 bridgehead atoms. The van der Waals surface area contributed by atoms with Gasteiger partial charge in [0.1, 0.15) is 0 Å². The molecule has 8 heteroatoms. The smallest absolute Gasteiger partial charge is 0.373 e. The van der Waals surface area contributed by atoms with Crippen molar-refractivity contribution >= 4 is 29.3 Å². The molecule has 1 heterocycles. The molecule has 1 aromatic heterocycles. The van der Waals surface area contributed by atoms with Crippen molar-refractivity contribution in [3.8, 4) is 0 Å². The number of rotatable bonds is 5. The summed E-state index contributed by atoms with van der Waals surface area (Å²) in [6, 6.07) is 6.44. The Morgan fingerprint density at radius 3 is 2.58 bits per heavy atom. The molecule has 0 aliphatic rings. The van der Waals surface area contributed by atoms with Gasteiger partial charge >= 0.3 is 5.97 Å². The van der Waals surface area contributed by atoms with E-state index in [-0.39, 0.29) is 24.1 Å². The number of nitrogens with one attached hydrogen (secondary N) is 2. The van der Waals surface area contributed by atoms with Gasteiger partial charge in [-0.25, -0.2) is 4.79 Å². The van der Waals surface area contributed by atoms with Crippen molar-refractivity contribution in [3.05, 3.63) is 40.7 Å². The van der Waals surface area contributed by atoms with E-state index in [0.29, 0.717) is 10.6 Å². The number of aromatic amines is 1. The van der Waals surface area contributed by atoms with Crippen LogP contribution in [0.2, 0.25) is 5.02 Å². The maximum atomic E-state index is 11.8. The quantitative estimate of drug-likeness (QED) is 0.716. The van der Waals surface area contributed by atoms with Gasteiger partial charge in [0.05, 0.1) is 6.54 Å². The van der Waals surface area contributed by atoms with Gasteiger partial charge < -0.3 is 10.4 Å². The second kappa shape index (κ2) is 5.49. The van der Waals surface area contributed by atoms with Gasteiger partial charge in [0.25, 0.3) is 0 Å². The molecule has 2 rings (SSSR count). The van der Waals surface area contributed by atoms with E-state index in [4.69, 9.17) is 16.7 Å². The van der Waals surface area contributed by atoms with Crippen molar-refractivity contribution in [3.63, 3.8) is 0 Å². The number of hydrogen-bond donors (Lipinski definition) is 3. The molecule has 0 saturated carbocycles. The lowest BCUT2D eigenvalue weighted by atomic mass is 10.1. The minimum Gasteiger partial charge on any atom is -0.475 e. The number of carbonyl (C=O) groups is 2. The lowest BCUT2D eigenvalue weighted by Crippen LogP contribution is -2.14. The van der Waals surface area contributed by atoms with Crippen LogP contribution in [0, 0.1) is 0 Å². The van der Waals surface area contributed by atoms with Crippen LogP contribution in [0.1, 0.15) is 21.0 Å². The van der Waals surface area contributed by atoms with E-state index in [0.717, 1.165) is 0 Å². The fourth-order valence-corrected chi connectivity index (χ4v) is 1.46. The van der Waals surface area contributed by atoms with Crippen molar-refractivity contribution in [1.82, 2.24) is 15.2 Å². The first kappa shape index (κ1) is 13.0. The van der Waals surface area contributed by atoms with Gasteiger partial charge in [0.15, 0.2) is 5.78 Å². The Bertz CT molecular complexity index is 609. The molecule has 2 aromatic rings. The average molecular weight is 281 g/mol. The highest BCUT2D eigenvalue weighted by atomic mass is 35.5. The zero-order chi connectivity index (χ0) is 13.8. The van der Waals surface area contributed by atoms with Crippen LogP contribution in [0.3, 0.4) is 0 Å². The summed E-state index contributed by atoms with van der Waals surface area (Å²) in [5, 5.41) is 17.7. The summed E-state index contributed by atoms with van der Waals surface area (Å²) in [6.07, 6.45) is 0. The molecule has 0 unspecified atom stereocenters. The maximum absolute atomic E-state index is 11.8. The van der Waals surface area contributed by atoms with Crippen LogP contribution in [-0.2, 0) is 0 Å². The molecule has 0 aliphatic carbocycles. The molecule has 0 spiro atoms. The predicted octanol–water partition coefficient (Wildman–Crippen LogP) is 1.45. The van der Waals surface area contributed by atoms with E-state index >= 15 is 0 Å². The molecule has 0 amide bonds. The van der Waals surface area contributed by atoms with Crippen LogP contribution in [0.4, 0.5) is 5.95 Å². The maximum Gasteiger partial charge on any atom is 0.373 e. The number of nitrogens with zero attached hydrogens (tertiary/aromatic N) is 2. The van der Waals surface area contributed by atoms with Crippen molar-refractivity contribution in [1.29, 1.82) is 0 Å². The van der Waals surface area contributed by atoms with E-state index in [1.54, 1.807) is 24.3 Å². The SMILES string of the molecule is O=C(CNc1n[nH]c(C(=O)O)n1)c1ccc(Cl)cc1. The Balaban J connectivity index is 1.96. The van der Waals surface area contributed by atoms with Crippen LogP contribution in [0.25, 0.3) is 0 Å². The van der Waals surface area contributed by atoms with Crippen molar-refractivity contribution in [2.45, 2.75) is 0 Å². The van der Waals surface area contributed by atoms with Crippen molar-refractivity contribution in [2.24, 2.45) is 0 Å². The molecule has 0 aliphatic heterocycles. The normalized spacial score (nSPS) is 10.2. The third-order valence-electron chi connectivity index (χ3n) is 2.26. The Labute approximate surface area is 112 Å². The largest absolute Gasteiger partial charge is 0.475 e. The first-order chi connectivity index (χ1) is 9.06. The average Bonchev–Trinajstić information content (AvgIpc) is 2.86. The molecule has 19 heavy (non-hydrogen) atoms. The van der Waals surface area contributed by atoms with Gasteiger partial charge in [-0.3, -0.25) is 9.89 Å². The van der Waals surface area contributed by atoms with E-state index in [2.05, 4.69) is 20.5 Å². The van der Waals surface area contributed by atoms with Crippen molar-refractivity contribution in [2.75, 3.05) is 11.9 Å². The van der Waals surface area contributed by atoms with Gasteiger partial charge in [-0.2, -0.15) is 4.98 Å². The summed E-state index contributed by atoms with van der Waals surface area (Å²) >= 11 is 5.72. The number of carbonyl (C=O) groups excluding carboxylic acids is 1. The number of H-pyrrole nitrogens is 1. The molecule has 1 aromatic carbocycles. The number of benzene rings is 1. The van der Waals surface area contributed by atoms with Crippen LogP contribution in [-0.4, -0.2) is 38.6 Å². The first-order valence-electron chi connectivity index (χ1n) is 5.24. The van der Waals surface area contributed by atoms with Crippen LogP contribution < -0.4 is 5.32 Å². The molecular formula is C11H9ClN4O3. The lowest BCUT2D eigenvalue weighted by molar-refractivity contribution is 0.0684. The fourth-order valence-electron chi connectivity index (χ4n) is 1.33. The summed E-state index contributed by atoms with van der Waals surface area (Å²) in [5.41, 5.74) is 0.492. The van der Waals surface area contributed by atoms with Gasteiger partial charge in [0.2, 0.25) is 11.8 Å². The molecule has 0 fully saturated rings. The standard InChI is InChI=1S/C11H9ClN4O3/c12-7-3-1-6(2-4-7)8(17)5-13-11-14-9(10(18)19)15-16-11/h1-4H,5H2,(H,18,19)(H2,13,14,15,16). The minimum absolute atomic E-state index is 0.0431. The third-order valence-corrected chi connectivity index (χ3v) is 2.51. The summed E-state index contributed by atoms with van der Waals surface area (Å²) in [7, 11) is 0. The number of aromatic nitrogens is 3. The number of anilines is 1. The number of hydrogen-bond acceptors (Lipinski definition) is 5. The molecule has 3 N–H and O–H groups in total. The zero-order valence-electron chi connectivity index (χ0n) is 9.55. The fraction of sp³-hybridized carbons (Fsp3) is 0.0909. The first-order valence-corrected chi connectivity index (χ1v) is 5.62. The van der Waals surface area contributed by atoms with Crippen molar-refractivity contribution < 1.29 is 14.7 Å². The lowest BCUT2D eigenvalue weighted by Gasteiger charge is -2.01. The molecule has 0 atom stereocenters. The molecule has 98 valence electrons. The number of ketones is 1. The number of Topliss-reactive ketones (excluding diaryl/α,β-unsaturated/α-hetero) is 1. The van der Waals surface area contributed by atoms with E-state index in [1.807, 2.05) is 0 Å². The summed E-state index contributed by atoms with van der Waals surface area (Å²) in [4.78, 5) is 26.0. The second-order valence-corrected chi connectivity index (χ2v) is 4.03. The monoisotopic (exact) mass is 280 g/mol. The van der Waals surface area contributed by atoms with E-state index < -0.39 is 5.97 Å². The highest BCUT2D eigenvalue weighted by Gasteiger charge is 2.11. The van der Waals surface area contributed by atoms with Gasteiger partial charge in [-0.1, -0.05) is 11.6 Å². The Morgan fingerprint density at radius 2 is 2.00 bits per heavy atom. The summed E-state index contributed by atoms with van der Waals surface area (Å²) in [6.45, 7) is -0.0431. The van der Waals surface area contributed by atoms with Crippen LogP contribution in [0.15, 0.2) is 24.3 Å². The highest BCUT2D eigenvalue weighted by molar-refractivity contribution is 6.30. The van der Waals surface area contributed by atoms with E-state index in [9.17, 15) is 9.59 Å². The number of carboxylic acids is 1. The molecule has 0 saturated heterocycles. The highest BCUT2D eigenvalue weighted by Crippen LogP contribution is 2.10. The third kappa shape index (κ3) is 3.29. The molecule has 0 radical (unpaired) electrons. The number of aromatic carboxylic acids is 1. The van der Waals surface area contributed by atoms with Gasteiger partial charge in [-0.15, -0.1) is 5.10 Å². The Hall–Kier alpha value is -2.41. The van der Waals surface area contributed by atoms with E-state index in [1.165, 1.54) is 0 Å². The topological polar surface area (TPSA) is 108 Å². The Morgan fingerprint density at radius 1 is 1.32 bits per heavy atom. The summed E-state index contributed by atoms with van der Waals surface area (Å²) < 4.78 is 0. The summed E-state index contributed by atoms with van der Waals surface area (Å²) in [5.74, 6) is -1.64. The second-order valence-electron chi connectivity index (χ2n) is 3.60. The zero-order valence-corrected chi connectivity index (χ0v) is 10.3. The van der Waals surface area contributed by atoms with Gasteiger partial charge in [0, 0.05) is 10.6 Å². The Kier molecular flexibility index (Phi) is 3.76. The number of halogens is 1. The van der Waals surface area contributed by atoms with Crippen LogP contribution >= 0.6 is 11.6 Å². The predicted molar refractivity (Wildman–Crippen MR) is 67.6 cm³/mol. The molecular weight excluding hydrogens is 272 g/mol. The minimum atomic E-state index is -1.22.